The van der Waals surface area contributed by atoms with E-state index in [1.165, 1.54) is 5.39 Å². The maximum atomic E-state index is 15.8. The molecular weight excluding hydrogens is 445 g/mol. The molecule has 7 rings (SSSR count). The van der Waals surface area contributed by atoms with Gasteiger partial charge >= 0.3 is 0 Å². The number of hydrogen-bond acceptors (Lipinski definition) is 1. The molecule has 2 nitrogen and oxygen atoms in total. The maximum Gasteiger partial charge on any atom is 0.216 e. The zero-order valence-corrected chi connectivity index (χ0v) is 20.0. The minimum Gasteiger partial charge on any atom is -0.455 e. The Morgan fingerprint density at radius 3 is 2.25 bits per heavy atom. The normalized spacial score (nSPS) is 11.8. The Kier molecular flexibility index (Phi) is 4.49. The Hall–Kier alpha value is -4.50. The lowest BCUT2D eigenvalue weighted by atomic mass is 9.92. The number of nitrogens with zero attached hydrogens (tertiary/aromatic N) is 1. The van der Waals surface area contributed by atoms with Crippen molar-refractivity contribution in [2.75, 3.05) is 0 Å². The number of hydrogen-bond donors (Lipinski definition) is 0. The van der Waals surface area contributed by atoms with Crippen LogP contribution in [0.4, 0.5) is 4.39 Å². The van der Waals surface area contributed by atoms with E-state index in [4.69, 9.17) is 4.42 Å². The molecule has 2 heterocycles. The van der Waals surface area contributed by atoms with Gasteiger partial charge in [-0.1, -0.05) is 60.7 Å². The van der Waals surface area contributed by atoms with Crippen molar-refractivity contribution in [3.63, 3.8) is 0 Å². The Morgan fingerprint density at radius 1 is 0.667 bits per heavy atom. The highest BCUT2D eigenvalue weighted by Gasteiger charge is 2.22. The number of rotatable bonds is 2. The highest BCUT2D eigenvalue weighted by Crippen LogP contribution is 2.41. The Morgan fingerprint density at radius 2 is 1.42 bits per heavy atom. The molecule has 0 spiro atoms. The molecule has 7 aromatic rings. The lowest BCUT2D eigenvalue weighted by Gasteiger charge is -2.12. The Balaban J connectivity index is 1.55. The number of furan rings is 1. The van der Waals surface area contributed by atoms with Crippen LogP contribution in [0.15, 0.2) is 108 Å². The van der Waals surface area contributed by atoms with Crippen molar-refractivity contribution in [3.05, 3.63) is 115 Å². The topological polar surface area (TPSA) is 17.0 Å². The van der Waals surface area contributed by atoms with Crippen molar-refractivity contribution < 1.29 is 13.4 Å². The molecule has 0 unspecified atom stereocenters. The lowest BCUT2D eigenvalue weighted by molar-refractivity contribution is -0.660. The van der Waals surface area contributed by atoms with Crippen molar-refractivity contribution in [2.24, 2.45) is 7.05 Å². The van der Waals surface area contributed by atoms with E-state index in [1.54, 1.807) is 6.07 Å². The smallest absolute Gasteiger partial charge is 0.216 e. The molecule has 0 saturated carbocycles. The van der Waals surface area contributed by atoms with Crippen LogP contribution in [0.2, 0.25) is 0 Å². The molecular formula is C33H23FNO+. The molecule has 3 heteroatoms. The minimum absolute atomic E-state index is 0.287. The summed E-state index contributed by atoms with van der Waals surface area (Å²) in [6.45, 7) is 2.09. The molecule has 172 valence electrons. The fraction of sp³-hybridized carbons (Fsp3) is 0.0606. The number of benzene rings is 5. The fourth-order valence-corrected chi connectivity index (χ4v) is 5.54. The van der Waals surface area contributed by atoms with Crippen molar-refractivity contribution in [2.45, 2.75) is 6.92 Å². The van der Waals surface area contributed by atoms with Gasteiger partial charge in [0.15, 0.2) is 6.20 Å². The van der Waals surface area contributed by atoms with E-state index >= 15 is 4.39 Å². The zero-order valence-electron chi connectivity index (χ0n) is 20.0. The first-order valence-electron chi connectivity index (χ1n) is 12.1. The second-order valence-electron chi connectivity index (χ2n) is 9.45. The molecule has 0 aliphatic heterocycles. The van der Waals surface area contributed by atoms with Crippen LogP contribution in [0.25, 0.3) is 65.9 Å². The third kappa shape index (κ3) is 2.99. The summed E-state index contributed by atoms with van der Waals surface area (Å²) >= 11 is 0. The van der Waals surface area contributed by atoms with Crippen LogP contribution < -0.4 is 4.57 Å². The molecule has 0 atom stereocenters. The fourth-order valence-electron chi connectivity index (χ4n) is 5.54. The van der Waals surface area contributed by atoms with Crippen molar-refractivity contribution in [1.82, 2.24) is 0 Å². The van der Waals surface area contributed by atoms with Gasteiger partial charge in [0, 0.05) is 34.5 Å². The predicted octanol–water partition coefficient (Wildman–Crippen LogP) is 8.50. The largest absolute Gasteiger partial charge is 0.455 e. The maximum absolute atomic E-state index is 15.8. The summed E-state index contributed by atoms with van der Waals surface area (Å²) in [5.41, 5.74) is 6.02. The summed E-state index contributed by atoms with van der Waals surface area (Å²) in [6.07, 6.45) is 2.03. The average molecular weight is 469 g/mol. The van der Waals surface area contributed by atoms with Gasteiger partial charge in [-0.25, -0.2) is 8.96 Å². The Bertz CT molecular complexity index is 1980. The summed E-state index contributed by atoms with van der Waals surface area (Å²) in [5.74, 6) is -0.287. The quantitative estimate of drug-likeness (QED) is 0.184. The summed E-state index contributed by atoms with van der Waals surface area (Å²) in [4.78, 5) is 0. The summed E-state index contributed by atoms with van der Waals surface area (Å²) in [7, 11) is 2.03. The number of aromatic nitrogens is 1. The molecule has 0 fully saturated rings. The Labute approximate surface area is 207 Å². The first-order chi connectivity index (χ1) is 17.6. The van der Waals surface area contributed by atoms with Crippen molar-refractivity contribution in [3.8, 4) is 22.4 Å². The van der Waals surface area contributed by atoms with Gasteiger partial charge in [-0.2, -0.15) is 0 Å². The van der Waals surface area contributed by atoms with Crippen LogP contribution in [0.5, 0.6) is 0 Å². The second-order valence-corrected chi connectivity index (χ2v) is 9.45. The zero-order chi connectivity index (χ0) is 24.4. The van der Waals surface area contributed by atoms with Crippen LogP contribution in [-0.4, -0.2) is 0 Å². The highest BCUT2D eigenvalue weighted by molar-refractivity contribution is 6.15. The van der Waals surface area contributed by atoms with Crippen LogP contribution in [0.3, 0.4) is 0 Å². The second kappa shape index (κ2) is 7.76. The average Bonchev–Trinajstić information content (AvgIpc) is 3.25. The van der Waals surface area contributed by atoms with E-state index in [9.17, 15) is 0 Å². The molecule has 0 radical (unpaired) electrons. The van der Waals surface area contributed by atoms with Gasteiger partial charge in [0.25, 0.3) is 0 Å². The van der Waals surface area contributed by atoms with Crippen molar-refractivity contribution >= 4 is 43.5 Å². The SMILES string of the molecule is Cc1ccc2c(oc3cc(F)c(-c4cc5ccccc5c5ccccc45)cc32)c1-c1cccc[n+]1C. The number of pyridine rings is 1. The van der Waals surface area contributed by atoms with Gasteiger partial charge in [0.05, 0.1) is 5.56 Å². The number of fused-ring (bicyclic) bond motifs is 6. The van der Waals surface area contributed by atoms with Crippen LogP contribution in [0, 0.1) is 12.7 Å². The van der Waals surface area contributed by atoms with E-state index < -0.39 is 0 Å². The van der Waals surface area contributed by atoms with E-state index in [0.29, 0.717) is 11.1 Å². The van der Waals surface area contributed by atoms with Gasteiger partial charge < -0.3 is 4.42 Å². The van der Waals surface area contributed by atoms with Crippen LogP contribution in [-0.2, 0) is 7.05 Å². The van der Waals surface area contributed by atoms with Gasteiger partial charge in [0.1, 0.15) is 24.0 Å². The molecule has 5 aromatic carbocycles. The van der Waals surface area contributed by atoms with E-state index in [0.717, 1.165) is 54.9 Å². The number of aryl methyl sites for hydroxylation is 2. The van der Waals surface area contributed by atoms with Gasteiger partial charge in [-0.15, -0.1) is 0 Å². The summed E-state index contributed by atoms with van der Waals surface area (Å²) < 4.78 is 24.2. The van der Waals surface area contributed by atoms with Crippen molar-refractivity contribution in [1.29, 1.82) is 0 Å². The summed E-state index contributed by atoms with van der Waals surface area (Å²) in [5, 5.41) is 6.33. The van der Waals surface area contributed by atoms with E-state index in [-0.39, 0.29) is 5.82 Å². The molecule has 2 aromatic heterocycles. The monoisotopic (exact) mass is 468 g/mol. The number of halogens is 1. The standard InChI is InChI=1S/C33H23FNO/c1-20-14-15-25-28-18-27(26-17-21-9-3-4-10-22(21)23-11-5-6-12-24(23)26)29(34)19-31(28)36-33(25)32(20)30-13-7-8-16-35(30)2/h3-19H,1-2H3/q+1. The van der Waals surface area contributed by atoms with Gasteiger partial charge in [-0.3, -0.25) is 0 Å². The molecule has 0 aliphatic carbocycles. The minimum atomic E-state index is -0.287. The van der Waals surface area contributed by atoms with E-state index in [1.807, 2.05) is 55.7 Å². The molecule has 0 bridgehead atoms. The first kappa shape index (κ1) is 20.8. The molecule has 0 N–H and O–H groups in total. The lowest BCUT2D eigenvalue weighted by Crippen LogP contribution is -2.30. The van der Waals surface area contributed by atoms with Crippen LogP contribution in [0.1, 0.15) is 5.56 Å². The molecule has 0 saturated heterocycles. The third-order valence-corrected chi connectivity index (χ3v) is 7.31. The summed E-state index contributed by atoms with van der Waals surface area (Å²) in [6, 6.07) is 32.4. The van der Waals surface area contributed by atoms with Gasteiger partial charge in [-0.05, 0) is 57.8 Å². The third-order valence-electron chi connectivity index (χ3n) is 7.31. The highest BCUT2D eigenvalue weighted by atomic mass is 19.1. The van der Waals surface area contributed by atoms with E-state index in [2.05, 4.69) is 60.0 Å². The molecule has 0 aliphatic rings. The predicted molar refractivity (Wildman–Crippen MR) is 145 cm³/mol. The first-order valence-corrected chi connectivity index (χ1v) is 12.1. The molecule has 0 amide bonds. The van der Waals surface area contributed by atoms with Gasteiger partial charge in [0.2, 0.25) is 5.69 Å². The van der Waals surface area contributed by atoms with Crippen LogP contribution >= 0.6 is 0 Å². The molecule has 36 heavy (non-hydrogen) atoms.